The second-order valence-electron chi connectivity index (χ2n) is 16.6. The van der Waals surface area contributed by atoms with E-state index in [1.54, 1.807) is 12.1 Å². The number of rotatable bonds is 19. The highest BCUT2D eigenvalue weighted by Gasteiger charge is 2.32. The molecule has 1 saturated heterocycles. The van der Waals surface area contributed by atoms with E-state index in [0.717, 1.165) is 96.4 Å². The summed E-state index contributed by atoms with van der Waals surface area (Å²) in [4.78, 5) is 13.9. The lowest BCUT2D eigenvalue weighted by Crippen LogP contribution is -2.52. The SMILES string of the molecule is Cc1c(COc2cc(OCc3cc(S(C)(=O)=O)cc(S(C)(=O)=O)c3)c(CNC(C)(CO)C(=O)O)cc2Cl)cccc1-c1cccc(-c2ccc(CCCN3CC[C@@H](O)C3)cc2)c1C. The molecule has 12 nitrogen and oxygen atoms in total. The lowest BCUT2D eigenvalue weighted by Gasteiger charge is -2.25. The van der Waals surface area contributed by atoms with Crippen LogP contribution in [0.15, 0.2) is 101 Å². The highest BCUT2D eigenvalue weighted by atomic mass is 35.5. The van der Waals surface area contributed by atoms with Crippen LogP contribution >= 0.6 is 11.6 Å². The molecule has 5 aromatic rings. The number of β-amino-alcohol motifs (C(OH)–C–C–N with tert-alkyl or cyclic N) is 1. The van der Waals surface area contributed by atoms with Crippen LogP contribution in [0.2, 0.25) is 5.02 Å². The lowest BCUT2D eigenvalue weighted by atomic mass is 9.89. The summed E-state index contributed by atoms with van der Waals surface area (Å²) in [5.74, 6) is -0.825. The van der Waals surface area contributed by atoms with Gasteiger partial charge in [-0.3, -0.25) is 10.1 Å². The van der Waals surface area contributed by atoms with Gasteiger partial charge in [-0.05, 0) is 121 Å². The third-order valence-electron chi connectivity index (χ3n) is 11.7. The highest BCUT2D eigenvalue weighted by Crippen LogP contribution is 2.37. The number of nitrogens with zero attached hydrogens (tertiary/aromatic N) is 1. The molecule has 0 bridgehead atoms. The van der Waals surface area contributed by atoms with Crippen LogP contribution in [-0.2, 0) is 50.6 Å². The summed E-state index contributed by atoms with van der Waals surface area (Å²) in [6.45, 7) is 7.27. The molecule has 1 unspecified atom stereocenters. The molecule has 0 spiro atoms. The van der Waals surface area contributed by atoms with Gasteiger partial charge in [0.25, 0.3) is 0 Å². The maximum absolute atomic E-state index is 12.5. The summed E-state index contributed by atoms with van der Waals surface area (Å²) < 4.78 is 62.4. The Morgan fingerprint density at radius 3 is 2.03 bits per heavy atom. The Balaban J connectivity index is 1.23. The molecule has 2 atom stereocenters. The van der Waals surface area contributed by atoms with E-state index in [-0.39, 0.29) is 57.7 Å². The van der Waals surface area contributed by atoms with Gasteiger partial charge in [0.2, 0.25) is 0 Å². The Hall–Kier alpha value is -4.80. The van der Waals surface area contributed by atoms with Gasteiger partial charge in [-0.2, -0.15) is 0 Å². The number of sulfone groups is 2. The summed E-state index contributed by atoms with van der Waals surface area (Å²) in [6, 6.07) is 28.0. The number of benzene rings is 5. The molecule has 1 aliphatic heterocycles. The van der Waals surface area contributed by atoms with E-state index in [1.807, 2.05) is 19.1 Å². The summed E-state index contributed by atoms with van der Waals surface area (Å²) in [5, 5.41) is 32.5. The topological polar surface area (TPSA) is 180 Å². The van der Waals surface area contributed by atoms with Gasteiger partial charge in [0, 0.05) is 43.8 Å². The van der Waals surface area contributed by atoms with Crippen LogP contribution in [0, 0.1) is 13.8 Å². The lowest BCUT2D eigenvalue weighted by molar-refractivity contribution is -0.145. The fraction of sp³-hybridized carbons (Fsp3) is 0.354. The first-order valence-electron chi connectivity index (χ1n) is 20.7. The number of carboxylic acids is 1. The number of likely N-dealkylation sites (tertiary alicyclic amines) is 1. The molecule has 1 heterocycles. The molecule has 0 aliphatic carbocycles. The molecule has 15 heteroatoms. The number of carbonyl (C=O) groups is 1. The summed E-state index contributed by atoms with van der Waals surface area (Å²) in [5.41, 5.74) is 7.70. The normalized spacial score (nSPS) is 15.6. The molecule has 4 N–H and O–H groups in total. The van der Waals surface area contributed by atoms with Crippen LogP contribution in [0.5, 0.6) is 11.5 Å². The molecule has 0 radical (unpaired) electrons. The first kappa shape index (κ1) is 47.7. The molecule has 0 amide bonds. The van der Waals surface area contributed by atoms with Crippen LogP contribution in [0.1, 0.15) is 53.1 Å². The minimum Gasteiger partial charge on any atom is -0.488 e. The zero-order valence-electron chi connectivity index (χ0n) is 36.1. The molecular formula is C48H55ClN2O10S2. The van der Waals surface area contributed by atoms with Gasteiger partial charge < -0.3 is 29.7 Å². The van der Waals surface area contributed by atoms with Crippen molar-refractivity contribution in [3.63, 3.8) is 0 Å². The van der Waals surface area contributed by atoms with Crippen molar-refractivity contribution in [3.8, 4) is 33.8 Å². The molecule has 0 saturated carbocycles. The fourth-order valence-corrected chi connectivity index (χ4v) is 9.38. The van der Waals surface area contributed by atoms with Crippen molar-refractivity contribution < 1.29 is 46.4 Å². The van der Waals surface area contributed by atoms with Gasteiger partial charge >= 0.3 is 5.97 Å². The second kappa shape index (κ2) is 19.9. The zero-order valence-corrected chi connectivity index (χ0v) is 38.5. The summed E-state index contributed by atoms with van der Waals surface area (Å²) >= 11 is 6.79. The Bertz CT molecular complexity index is 2640. The smallest absolute Gasteiger partial charge is 0.326 e. The maximum Gasteiger partial charge on any atom is 0.326 e. The Kier molecular flexibility index (Phi) is 15.1. The Labute approximate surface area is 375 Å². The Morgan fingerprint density at radius 1 is 0.810 bits per heavy atom. The van der Waals surface area contributed by atoms with Crippen LogP contribution < -0.4 is 14.8 Å². The molecule has 6 rings (SSSR count). The van der Waals surface area contributed by atoms with Crippen molar-refractivity contribution in [3.05, 3.63) is 129 Å². The third kappa shape index (κ3) is 11.9. The number of halogens is 1. The molecule has 63 heavy (non-hydrogen) atoms. The van der Waals surface area contributed by atoms with E-state index >= 15 is 0 Å². The standard InChI is InChI=1S/C48H55ClN2O10S2/c1-31-36(10-6-12-42(31)43-13-7-11-41(32(43)2)35-16-14-33(15-17-35)9-8-19-51-20-18-38(53)27-51)29-61-46-25-45(37(23-44(46)49)26-50-48(3,30-52)47(54)55)60-28-34-21-39(62(4,56)57)24-40(22-34)63(5,58)59/h6-7,10-17,21-25,38,50,52-53H,8-9,18-20,26-30H2,1-5H3,(H,54,55)/t38-,48?/m1/s1. The fourth-order valence-electron chi connectivity index (χ4n) is 7.65. The van der Waals surface area contributed by atoms with E-state index in [4.69, 9.17) is 21.1 Å². The monoisotopic (exact) mass is 918 g/mol. The Morgan fingerprint density at radius 2 is 1.43 bits per heavy atom. The van der Waals surface area contributed by atoms with Crippen LogP contribution in [0.4, 0.5) is 0 Å². The van der Waals surface area contributed by atoms with Crippen LogP contribution in [0.25, 0.3) is 22.3 Å². The first-order chi connectivity index (χ1) is 29.8. The molecule has 0 aromatic heterocycles. The van der Waals surface area contributed by atoms with E-state index in [0.29, 0.717) is 5.56 Å². The number of carboxylic acid groups (broad SMARTS) is 1. The number of hydrogen-bond donors (Lipinski definition) is 4. The van der Waals surface area contributed by atoms with Gasteiger partial charge in [0.15, 0.2) is 19.7 Å². The van der Waals surface area contributed by atoms with Gasteiger partial charge in [-0.25, -0.2) is 16.8 Å². The number of nitrogens with one attached hydrogen (secondary N) is 1. The minimum atomic E-state index is -3.78. The highest BCUT2D eigenvalue weighted by molar-refractivity contribution is 7.91. The average molecular weight is 920 g/mol. The average Bonchev–Trinajstić information content (AvgIpc) is 3.66. The van der Waals surface area contributed by atoms with Crippen molar-refractivity contribution in [1.29, 1.82) is 0 Å². The second-order valence-corrected chi connectivity index (χ2v) is 21.0. The van der Waals surface area contributed by atoms with E-state index in [1.165, 1.54) is 24.6 Å². The van der Waals surface area contributed by atoms with Crippen molar-refractivity contribution >= 4 is 37.2 Å². The van der Waals surface area contributed by atoms with Gasteiger partial charge in [-0.1, -0.05) is 72.3 Å². The summed E-state index contributed by atoms with van der Waals surface area (Å²) in [6.07, 6.45) is 4.64. The molecule has 1 aliphatic rings. The van der Waals surface area contributed by atoms with Crippen LogP contribution in [-0.4, -0.2) is 93.4 Å². The number of aliphatic hydroxyl groups is 2. The quantitative estimate of drug-likeness (QED) is 0.0657. The number of hydrogen-bond acceptors (Lipinski definition) is 11. The van der Waals surface area contributed by atoms with Gasteiger partial charge in [0.1, 0.15) is 30.3 Å². The minimum absolute atomic E-state index is 0.105. The number of aryl methyl sites for hydroxylation is 1. The zero-order chi connectivity index (χ0) is 45.7. The number of aliphatic hydroxyl groups excluding tert-OH is 2. The van der Waals surface area contributed by atoms with Crippen molar-refractivity contribution in [2.45, 2.75) is 81.2 Å². The van der Waals surface area contributed by atoms with Gasteiger partial charge in [0.05, 0.1) is 27.5 Å². The first-order valence-corrected chi connectivity index (χ1v) is 24.8. The largest absolute Gasteiger partial charge is 0.488 e. The predicted octanol–water partition coefficient (Wildman–Crippen LogP) is 7.18. The number of ether oxygens (including phenoxy) is 2. The van der Waals surface area contributed by atoms with E-state index in [2.05, 4.69) is 65.7 Å². The summed E-state index contributed by atoms with van der Waals surface area (Å²) in [7, 11) is -7.57. The molecule has 5 aromatic carbocycles. The molecule has 1 fully saturated rings. The third-order valence-corrected chi connectivity index (χ3v) is 14.1. The van der Waals surface area contributed by atoms with E-state index in [9.17, 15) is 36.9 Å². The number of aliphatic carboxylic acids is 1. The van der Waals surface area contributed by atoms with Crippen molar-refractivity contribution in [2.24, 2.45) is 0 Å². The predicted molar refractivity (Wildman–Crippen MR) is 245 cm³/mol. The van der Waals surface area contributed by atoms with Crippen molar-refractivity contribution in [1.82, 2.24) is 10.2 Å². The maximum atomic E-state index is 12.5. The molecular weight excluding hydrogens is 864 g/mol. The molecule has 336 valence electrons. The van der Waals surface area contributed by atoms with Crippen molar-refractivity contribution in [2.75, 3.05) is 38.8 Å². The van der Waals surface area contributed by atoms with Crippen LogP contribution in [0.3, 0.4) is 0 Å². The van der Waals surface area contributed by atoms with Gasteiger partial charge in [-0.15, -0.1) is 0 Å². The van der Waals surface area contributed by atoms with E-state index < -0.39 is 37.8 Å².